The van der Waals surface area contributed by atoms with Crippen LogP contribution in [0.15, 0.2) is 17.5 Å². The summed E-state index contributed by atoms with van der Waals surface area (Å²) in [6.45, 7) is 5.91. The maximum Gasteiger partial charge on any atom is 0.249 e. The van der Waals surface area contributed by atoms with Gasteiger partial charge in [0.2, 0.25) is 5.91 Å². The number of carbonyl (C=O) groups excluding carboxylic acids is 1. The first-order valence-electron chi connectivity index (χ1n) is 5.70. The third-order valence-corrected chi connectivity index (χ3v) is 4.84. The molecule has 2 rings (SSSR count). The van der Waals surface area contributed by atoms with E-state index in [1.54, 1.807) is 16.7 Å². The van der Waals surface area contributed by atoms with Gasteiger partial charge in [-0.25, -0.2) is 0 Å². The van der Waals surface area contributed by atoms with Gasteiger partial charge >= 0.3 is 0 Å². The van der Waals surface area contributed by atoms with Crippen LogP contribution >= 0.6 is 22.7 Å². The van der Waals surface area contributed by atoms with Crippen molar-refractivity contribution in [1.29, 1.82) is 0 Å². The van der Waals surface area contributed by atoms with Crippen LogP contribution in [0.5, 0.6) is 0 Å². The molecule has 0 bridgehead atoms. The Hall–Kier alpha value is -1.17. The molecule has 0 unspecified atom stereocenters. The molecule has 3 nitrogen and oxygen atoms in total. The molecule has 18 heavy (non-hydrogen) atoms. The van der Waals surface area contributed by atoms with Crippen LogP contribution in [0.3, 0.4) is 0 Å². The monoisotopic (exact) mass is 280 g/mol. The van der Waals surface area contributed by atoms with Crippen molar-refractivity contribution in [2.75, 3.05) is 0 Å². The summed E-state index contributed by atoms with van der Waals surface area (Å²) >= 11 is 3.39. The maximum absolute atomic E-state index is 11.0. The molecular weight excluding hydrogens is 264 g/mol. The van der Waals surface area contributed by atoms with Crippen molar-refractivity contribution in [3.63, 3.8) is 0 Å². The molecule has 2 heterocycles. The lowest BCUT2D eigenvalue weighted by molar-refractivity contribution is 0.100. The van der Waals surface area contributed by atoms with Crippen LogP contribution in [0, 0.1) is 13.8 Å². The van der Waals surface area contributed by atoms with E-state index in [-0.39, 0.29) is 5.91 Å². The fraction of sp³-hybridized carbons (Fsp3) is 0.308. The summed E-state index contributed by atoms with van der Waals surface area (Å²) in [6, 6.07) is 4.07. The Kier molecular flexibility index (Phi) is 4.16. The van der Waals surface area contributed by atoms with Crippen LogP contribution in [0.4, 0.5) is 0 Å². The predicted octanol–water partition coefficient (Wildman–Crippen LogP) is 2.82. The molecule has 0 aliphatic carbocycles. The molecule has 2 aromatic heterocycles. The minimum Gasteiger partial charge on any atom is -0.366 e. The first-order valence-corrected chi connectivity index (χ1v) is 7.39. The van der Waals surface area contributed by atoms with Gasteiger partial charge in [-0.1, -0.05) is 0 Å². The van der Waals surface area contributed by atoms with E-state index in [1.807, 2.05) is 17.4 Å². The van der Waals surface area contributed by atoms with E-state index in [4.69, 9.17) is 5.73 Å². The van der Waals surface area contributed by atoms with E-state index in [1.165, 1.54) is 15.3 Å². The molecule has 96 valence electrons. The van der Waals surface area contributed by atoms with Gasteiger partial charge < -0.3 is 11.1 Å². The zero-order valence-electron chi connectivity index (χ0n) is 10.4. The molecule has 0 atom stereocenters. The van der Waals surface area contributed by atoms with Gasteiger partial charge in [-0.2, -0.15) is 0 Å². The maximum atomic E-state index is 11.0. The van der Waals surface area contributed by atoms with Gasteiger partial charge in [-0.05, 0) is 31.5 Å². The number of thiophene rings is 2. The average Bonchev–Trinajstić information content (AvgIpc) is 2.88. The number of primary amides is 1. The topological polar surface area (TPSA) is 55.1 Å². The van der Waals surface area contributed by atoms with Crippen LogP contribution in [0.1, 0.15) is 30.6 Å². The molecule has 0 fully saturated rings. The minimum absolute atomic E-state index is 0.359. The second kappa shape index (κ2) is 5.65. The standard InChI is InChI=1S/C13H16N2OS2/c1-8-3-12(18-9(8)2)6-15-5-11-4-10(7-17-11)13(14)16/h3-4,7,15H,5-6H2,1-2H3,(H2,14,16). The van der Waals surface area contributed by atoms with E-state index in [2.05, 4.69) is 25.2 Å². The van der Waals surface area contributed by atoms with Crippen LogP contribution < -0.4 is 11.1 Å². The van der Waals surface area contributed by atoms with Gasteiger partial charge in [0, 0.05) is 33.1 Å². The number of aryl methyl sites for hydroxylation is 2. The number of hydrogen-bond acceptors (Lipinski definition) is 4. The third kappa shape index (κ3) is 3.19. The SMILES string of the molecule is Cc1cc(CNCc2cc(C(N)=O)cs2)sc1C. The molecule has 0 radical (unpaired) electrons. The van der Waals surface area contributed by atoms with Crippen molar-refractivity contribution < 1.29 is 4.79 Å². The molecule has 0 spiro atoms. The second-order valence-corrected chi connectivity index (χ2v) is 6.56. The lowest BCUT2D eigenvalue weighted by atomic mass is 10.3. The van der Waals surface area contributed by atoms with E-state index in [0.29, 0.717) is 5.56 Å². The first kappa shape index (κ1) is 13.3. The average molecular weight is 280 g/mol. The van der Waals surface area contributed by atoms with Crippen LogP contribution in [0.25, 0.3) is 0 Å². The molecule has 0 aliphatic heterocycles. The van der Waals surface area contributed by atoms with Gasteiger partial charge in [0.15, 0.2) is 0 Å². The molecule has 0 aromatic carbocycles. The number of nitrogens with one attached hydrogen (secondary N) is 1. The smallest absolute Gasteiger partial charge is 0.249 e. The molecule has 0 aliphatic rings. The zero-order valence-corrected chi connectivity index (χ0v) is 12.1. The van der Waals surface area contributed by atoms with Gasteiger partial charge in [0.05, 0.1) is 5.56 Å². The summed E-state index contributed by atoms with van der Waals surface area (Å²) in [5, 5.41) is 5.18. The highest BCUT2D eigenvalue weighted by atomic mass is 32.1. The molecule has 3 N–H and O–H groups in total. The van der Waals surface area contributed by atoms with Gasteiger partial charge in [-0.15, -0.1) is 22.7 Å². The Bertz CT molecular complexity index is 538. The number of hydrogen-bond donors (Lipinski definition) is 2. The van der Waals surface area contributed by atoms with E-state index < -0.39 is 0 Å². The Labute approximate surface area is 115 Å². The fourth-order valence-electron chi connectivity index (χ4n) is 1.65. The highest BCUT2D eigenvalue weighted by molar-refractivity contribution is 7.12. The summed E-state index contributed by atoms with van der Waals surface area (Å²) < 4.78 is 0. The Morgan fingerprint density at radius 3 is 2.56 bits per heavy atom. The number of rotatable bonds is 5. The zero-order chi connectivity index (χ0) is 13.1. The van der Waals surface area contributed by atoms with E-state index in [9.17, 15) is 4.79 Å². The highest BCUT2D eigenvalue weighted by Gasteiger charge is 2.05. The van der Waals surface area contributed by atoms with Crippen LogP contribution in [-0.2, 0) is 13.1 Å². The van der Waals surface area contributed by atoms with Crippen LogP contribution in [0.2, 0.25) is 0 Å². The van der Waals surface area contributed by atoms with Crippen molar-refractivity contribution >= 4 is 28.6 Å². The molecule has 1 amide bonds. The summed E-state index contributed by atoms with van der Waals surface area (Å²) in [5.74, 6) is -0.359. The molecule has 5 heteroatoms. The van der Waals surface area contributed by atoms with E-state index in [0.717, 1.165) is 18.0 Å². The van der Waals surface area contributed by atoms with E-state index >= 15 is 0 Å². The first-order chi connectivity index (χ1) is 8.56. The predicted molar refractivity (Wildman–Crippen MR) is 77.2 cm³/mol. The largest absolute Gasteiger partial charge is 0.366 e. The third-order valence-electron chi connectivity index (χ3n) is 2.75. The van der Waals surface area contributed by atoms with Crippen molar-refractivity contribution in [2.45, 2.75) is 26.9 Å². The summed E-state index contributed by atoms with van der Waals surface area (Å²) in [7, 11) is 0. The fourth-order valence-corrected chi connectivity index (χ4v) is 3.51. The van der Waals surface area contributed by atoms with Crippen molar-refractivity contribution in [3.8, 4) is 0 Å². The second-order valence-electron chi connectivity index (χ2n) is 4.22. The molecule has 2 aromatic rings. The lowest BCUT2D eigenvalue weighted by Gasteiger charge is -1.99. The summed E-state index contributed by atoms with van der Waals surface area (Å²) in [6.07, 6.45) is 0. The normalized spacial score (nSPS) is 10.8. The minimum atomic E-state index is -0.359. The Balaban J connectivity index is 1.86. The Morgan fingerprint density at radius 1 is 1.28 bits per heavy atom. The number of amides is 1. The quantitative estimate of drug-likeness (QED) is 0.885. The van der Waals surface area contributed by atoms with Crippen molar-refractivity contribution in [3.05, 3.63) is 43.3 Å². The molecule has 0 saturated heterocycles. The Morgan fingerprint density at radius 2 is 2.00 bits per heavy atom. The summed E-state index contributed by atoms with van der Waals surface area (Å²) in [5.41, 5.74) is 7.16. The van der Waals surface area contributed by atoms with Gasteiger partial charge in [0.1, 0.15) is 0 Å². The van der Waals surface area contributed by atoms with Gasteiger partial charge in [0.25, 0.3) is 0 Å². The number of nitrogens with two attached hydrogens (primary N) is 1. The molecular formula is C13H16N2OS2. The highest BCUT2D eigenvalue weighted by Crippen LogP contribution is 2.20. The summed E-state index contributed by atoms with van der Waals surface area (Å²) in [4.78, 5) is 14.8. The van der Waals surface area contributed by atoms with Gasteiger partial charge in [-0.3, -0.25) is 4.79 Å². The van der Waals surface area contributed by atoms with Crippen molar-refractivity contribution in [2.24, 2.45) is 5.73 Å². The van der Waals surface area contributed by atoms with Crippen molar-refractivity contribution in [1.82, 2.24) is 5.32 Å². The number of carbonyl (C=O) groups is 1. The molecule has 0 saturated carbocycles. The lowest BCUT2D eigenvalue weighted by Crippen LogP contribution is -2.11. The van der Waals surface area contributed by atoms with Crippen LogP contribution in [-0.4, -0.2) is 5.91 Å².